The van der Waals surface area contributed by atoms with Gasteiger partial charge < -0.3 is 14.6 Å². The lowest BCUT2D eigenvalue weighted by molar-refractivity contribution is 0.203. The highest BCUT2D eigenvalue weighted by molar-refractivity contribution is 5.86. The number of benzene rings is 3. The van der Waals surface area contributed by atoms with Crippen LogP contribution in [0.4, 0.5) is 13.6 Å². The van der Waals surface area contributed by atoms with Gasteiger partial charge in [-0.15, -0.1) is 0 Å². The average molecular weight is 488 g/mol. The fourth-order valence-electron chi connectivity index (χ4n) is 4.22. The summed E-state index contributed by atoms with van der Waals surface area (Å²) in [7, 11) is 1.57. The van der Waals surface area contributed by atoms with Crippen molar-refractivity contribution < 1.29 is 22.8 Å². The highest BCUT2D eigenvalue weighted by Crippen LogP contribution is 2.38. The summed E-state index contributed by atoms with van der Waals surface area (Å²) >= 11 is 0. The van der Waals surface area contributed by atoms with E-state index in [4.69, 9.17) is 9.26 Å². The van der Waals surface area contributed by atoms with Crippen LogP contribution in [-0.4, -0.2) is 28.2 Å². The van der Waals surface area contributed by atoms with Crippen LogP contribution in [0.25, 0.3) is 17.0 Å². The molecule has 3 aromatic carbocycles. The molecule has 1 aromatic heterocycles. The second-order valence-electron chi connectivity index (χ2n) is 8.31. The van der Waals surface area contributed by atoms with E-state index >= 15 is 0 Å². The van der Waals surface area contributed by atoms with Crippen molar-refractivity contribution in [2.45, 2.75) is 19.5 Å². The zero-order chi connectivity index (χ0) is 25.2. The Labute approximate surface area is 206 Å². The molecule has 1 aliphatic rings. The zero-order valence-electron chi connectivity index (χ0n) is 19.5. The molecule has 0 radical (unpaired) electrons. The Morgan fingerprint density at radius 1 is 1.03 bits per heavy atom. The maximum absolute atomic E-state index is 14.1. The van der Waals surface area contributed by atoms with Crippen molar-refractivity contribution >= 4 is 11.6 Å². The van der Waals surface area contributed by atoms with Crippen molar-refractivity contribution in [3.63, 3.8) is 0 Å². The summed E-state index contributed by atoms with van der Waals surface area (Å²) in [6.45, 7) is 2.02. The maximum Gasteiger partial charge on any atom is 0.322 e. The van der Waals surface area contributed by atoms with E-state index in [1.54, 1.807) is 43.2 Å². The average Bonchev–Trinajstić information content (AvgIpc) is 3.36. The van der Waals surface area contributed by atoms with E-state index < -0.39 is 17.7 Å². The molecule has 2 heterocycles. The summed E-state index contributed by atoms with van der Waals surface area (Å²) in [6, 6.07) is 18.1. The molecule has 1 atom stereocenters. The van der Waals surface area contributed by atoms with Crippen molar-refractivity contribution in [1.82, 2.24) is 20.4 Å². The molecule has 36 heavy (non-hydrogen) atoms. The standard InChI is InChI=1S/C27H22F2N4O3/c1-16-23(26-31-25(32-36-26)19-8-5-10-21(29)14-19)24(18-7-4-9-20(28)13-18)30-27(34)33(16)15-17-6-3-11-22(12-17)35-2/h3-14,24H,15H2,1-2H3,(H,30,34). The second-order valence-corrected chi connectivity index (χ2v) is 8.31. The number of ether oxygens (including phenoxy) is 1. The minimum absolute atomic E-state index is 0.136. The van der Waals surface area contributed by atoms with E-state index in [2.05, 4.69) is 15.5 Å². The van der Waals surface area contributed by atoms with E-state index in [1.807, 2.05) is 24.3 Å². The number of hydrogen-bond donors (Lipinski definition) is 1. The van der Waals surface area contributed by atoms with Gasteiger partial charge >= 0.3 is 6.03 Å². The number of nitrogens with zero attached hydrogens (tertiary/aromatic N) is 3. The predicted molar refractivity (Wildman–Crippen MR) is 128 cm³/mol. The Morgan fingerprint density at radius 2 is 1.78 bits per heavy atom. The van der Waals surface area contributed by atoms with Gasteiger partial charge in [0.25, 0.3) is 5.89 Å². The van der Waals surface area contributed by atoms with Gasteiger partial charge in [-0.05, 0) is 54.4 Å². The van der Waals surface area contributed by atoms with E-state index in [1.165, 1.54) is 24.3 Å². The number of allylic oxidation sites excluding steroid dienone is 1. The van der Waals surface area contributed by atoms with Crippen LogP contribution in [0.2, 0.25) is 0 Å². The second kappa shape index (κ2) is 9.61. The van der Waals surface area contributed by atoms with Gasteiger partial charge in [-0.3, -0.25) is 4.90 Å². The summed E-state index contributed by atoms with van der Waals surface area (Å²) < 4.78 is 38.8. The van der Waals surface area contributed by atoms with Crippen molar-refractivity contribution in [2.24, 2.45) is 0 Å². The summed E-state index contributed by atoms with van der Waals surface area (Å²) in [5.74, 6) is 0.126. The van der Waals surface area contributed by atoms with Crippen molar-refractivity contribution in [2.75, 3.05) is 7.11 Å². The molecule has 0 spiro atoms. The smallest absolute Gasteiger partial charge is 0.322 e. The quantitative estimate of drug-likeness (QED) is 0.375. The lowest BCUT2D eigenvalue weighted by Gasteiger charge is -2.35. The van der Waals surface area contributed by atoms with Crippen LogP contribution in [-0.2, 0) is 6.54 Å². The monoisotopic (exact) mass is 488 g/mol. The molecule has 1 N–H and O–H groups in total. The molecule has 0 aliphatic carbocycles. The molecule has 0 bridgehead atoms. The van der Waals surface area contributed by atoms with Gasteiger partial charge in [0.05, 0.1) is 25.3 Å². The first-order chi connectivity index (χ1) is 17.4. The van der Waals surface area contributed by atoms with Gasteiger partial charge in [-0.25, -0.2) is 13.6 Å². The Bertz CT molecular complexity index is 1470. The third kappa shape index (κ3) is 4.55. The van der Waals surface area contributed by atoms with Crippen molar-refractivity contribution in [3.05, 3.63) is 107 Å². The molecule has 4 aromatic rings. The third-order valence-electron chi connectivity index (χ3n) is 5.99. The Morgan fingerprint density at radius 3 is 2.53 bits per heavy atom. The van der Waals surface area contributed by atoms with Crippen molar-refractivity contribution in [1.29, 1.82) is 0 Å². The van der Waals surface area contributed by atoms with E-state index in [-0.39, 0.29) is 24.3 Å². The van der Waals surface area contributed by atoms with Crippen molar-refractivity contribution in [3.8, 4) is 17.1 Å². The molecular formula is C27H22F2N4O3. The molecule has 7 nitrogen and oxygen atoms in total. The molecule has 1 unspecified atom stereocenters. The van der Waals surface area contributed by atoms with Gasteiger partial charge in [0.1, 0.15) is 17.4 Å². The molecular weight excluding hydrogens is 466 g/mol. The largest absolute Gasteiger partial charge is 0.497 e. The lowest BCUT2D eigenvalue weighted by Crippen LogP contribution is -2.45. The van der Waals surface area contributed by atoms with Crippen LogP contribution in [0.3, 0.4) is 0 Å². The molecule has 1 aliphatic heterocycles. The molecule has 2 amide bonds. The predicted octanol–water partition coefficient (Wildman–Crippen LogP) is 5.72. The summed E-state index contributed by atoms with van der Waals surface area (Å²) in [5, 5.41) is 6.96. The number of rotatable bonds is 6. The van der Waals surface area contributed by atoms with Gasteiger partial charge in [0.2, 0.25) is 5.82 Å². The van der Waals surface area contributed by atoms with Crippen LogP contribution in [0.1, 0.15) is 30.0 Å². The molecule has 182 valence electrons. The number of carbonyl (C=O) groups excluding carboxylic acids is 1. The maximum atomic E-state index is 14.1. The van der Waals surface area contributed by atoms with E-state index in [0.29, 0.717) is 28.1 Å². The number of nitrogens with one attached hydrogen (secondary N) is 1. The fourth-order valence-corrected chi connectivity index (χ4v) is 4.22. The highest BCUT2D eigenvalue weighted by atomic mass is 19.1. The fraction of sp³-hybridized carbons (Fsp3) is 0.148. The number of amides is 2. The Kier molecular flexibility index (Phi) is 6.20. The number of hydrogen-bond acceptors (Lipinski definition) is 5. The molecule has 0 fully saturated rings. The van der Waals surface area contributed by atoms with Crippen LogP contribution < -0.4 is 10.1 Å². The number of aromatic nitrogens is 2. The lowest BCUT2D eigenvalue weighted by atomic mass is 9.94. The topological polar surface area (TPSA) is 80.5 Å². The zero-order valence-corrected chi connectivity index (χ0v) is 19.5. The minimum atomic E-state index is -0.740. The van der Waals surface area contributed by atoms with Crippen LogP contribution in [0, 0.1) is 11.6 Å². The Hall–Kier alpha value is -4.53. The van der Waals surface area contributed by atoms with Gasteiger partial charge in [0, 0.05) is 11.3 Å². The van der Waals surface area contributed by atoms with E-state index in [9.17, 15) is 13.6 Å². The first-order valence-corrected chi connectivity index (χ1v) is 11.2. The molecule has 5 rings (SSSR count). The first-order valence-electron chi connectivity index (χ1n) is 11.2. The van der Waals surface area contributed by atoms with Gasteiger partial charge in [-0.2, -0.15) is 4.98 Å². The normalized spacial score (nSPS) is 15.7. The number of methoxy groups -OCH3 is 1. The SMILES string of the molecule is COc1cccc(CN2C(=O)NC(c3cccc(F)c3)C(c3nc(-c4cccc(F)c4)no3)=C2C)c1. The van der Waals surface area contributed by atoms with Gasteiger partial charge in [0.15, 0.2) is 0 Å². The Balaban J connectivity index is 1.60. The summed E-state index contributed by atoms with van der Waals surface area (Å²) in [5.41, 5.74) is 2.88. The third-order valence-corrected chi connectivity index (χ3v) is 5.99. The van der Waals surface area contributed by atoms with Gasteiger partial charge in [-0.1, -0.05) is 41.6 Å². The highest BCUT2D eigenvalue weighted by Gasteiger charge is 2.36. The molecule has 0 saturated heterocycles. The first kappa shape index (κ1) is 23.2. The molecule has 0 saturated carbocycles. The van der Waals surface area contributed by atoms with Crippen LogP contribution >= 0.6 is 0 Å². The van der Waals surface area contributed by atoms with Crippen LogP contribution in [0.5, 0.6) is 5.75 Å². The number of carbonyl (C=O) groups is 1. The number of halogens is 2. The summed E-state index contributed by atoms with van der Waals surface area (Å²) in [6.07, 6.45) is 0. The van der Waals surface area contributed by atoms with E-state index in [0.717, 1.165) is 5.56 Å². The van der Waals surface area contributed by atoms with Crippen LogP contribution in [0.15, 0.2) is 83.0 Å². The summed E-state index contributed by atoms with van der Waals surface area (Å²) in [4.78, 5) is 19.3. The molecule has 9 heteroatoms. The number of urea groups is 1. The minimum Gasteiger partial charge on any atom is -0.497 e.